The molecule has 120 valence electrons. The summed E-state index contributed by atoms with van der Waals surface area (Å²) >= 11 is 0. The van der Waals surface area contributed by atoms with E-state index < -0.39 is 0 Å². The second-order valence-electron chi connectivity index (χ2n) is 6.10. The largest absolute Gasteiger partial charge is 0.354 e. The highest BCUT2D eigenvalue weighted by atomic mass is 19.1. The van der Waals surface area contributed by atoms with Gasteiger partial charge in [-0.25, -0.2) is 9.37 Å². The van der Waals surface area contributed by atoms with Crippen molar-refractivity contribution >= 4 is 11.7 Å². The standard InChI is InChI=1S/C16H23FN4O/c1-18-8-10-21-14-6-9-20(11-12(14)4-5-15(21)22)16-13(17)3-2-7-19-16/h2-3,7,12,14,18H,4-6,8-11H2,1H3/t12-,14+/m0/s1. The predicted molar refractivity (Wildman–Crippen MR) is 83.2 cm³/mol. The first-order valence-electron chi connectivity index (χ1n) is 8.00. The number of anilines is 1. The summed E-state index contributed by atoms with van der Waals surface area (Å²) in [6.07, 6.45) is 4.01. The molecule has 2 fully saturated rings. The van der Waals surface area contributed by atoms with Gasteiger partial charge >= 0.3 is 0 Å². The van der Waals surface area contributed by atoms with E-state index in [0.717, 1.165) is 39.0 Å². The smallest absolute Gasteiger partial charge is 0.222 e. The summed E-state index contributed by atoms with van der Waals surface area (Å²) in [6.45, 7) is 3.10. The molecule has 22 heavy (non-hydrogen) atoms. The van der Waals surface area contributed by atoms with E-state index in [4.69, 9.17) is 0 Å². The summed E-state index contributed by atoms with van der Waals surface area (Å²) in [5.74, 6) is 0.846. The van der Waals surface area contributed by atoms with E-state index in [1.807, 2.05) is 16.8 Å². The molecular weight excluding hydrogens is 283 g/mol. The lowest BCUT2D eigenvalue weighted by Crippen LogP contribution is -2.57. The Hall–Kier alpha value is -1.69. The molecule has 2 aliphatic rings. The van der Waals surface area contributed by atoms with Crippen LogP contribution < -0.4 is 10.2 Å². The van der Waals surface area contributed by atoms with Crippen LogP contribution >= 0.6 is 0 Å². The van der Waals surface area contributed by atoms with Crippen LogP contribution in [-0.2, 0) is 4.79 Å². The lowest BCUT2D eigenvalue weighted by molar-refractivity contribution is -0.139. The molecule has 5 nitrogen and oxygen atoms in total. The van der Waals surface area contributed by atoms with Crippen molar-refractivity contribution in [3.05, 3.63) is 24.1 Å². The number of carbonyl (C=O) groups excluding carboxylic acids is 1. The monoisotopic (exact) mass is 306 g/mol. The Balaban J connectivity index is 1.71. The number of rotatable bonds is 4. The zero-order valence-electron chi connectivity index (χ0n) is 13.0. The summed E-state index contributed by atoms with van der Waals surface area (Å²) in [6, 6.07) is 3.36. The van der Waals surface area contributed by atoms with Gasteiger partial charge in [0, 0.05) is 44.8 Å². The van der Waals surface area contributed by atoms with Gasteiger partial charge in [0.25, 0.3) is 0 Å². The molecule has 2 saturated heterocycles. The zero-order chi connectivity index (χ0) is 15.5. The number of aromatic nitrogens is 1. The number of nitrogens with zero attached hydrogens (tertiary/aromatic N) is 3. The second-order valence-corrected chi connectivity index (χ2v) is 6.10. The minimum Gasteiger partial charge on any atom is -0.354 e. The molecule has 2 aliphatic heterocycles. The van der Waals surface area contributed by atoms with Crippen molar-refractivity contribution in [3.8, 4) is 0 Å². The SMILES string of the molecule is CNCCN1C(=O)CC[C@H]2CN(c3ncccc3F)CC[C@H]21. The number of carbonyl (C=O) groups is 1. The molecule has 0 radical (unpaired) electrons. The number of nitrogens with one attached hydrogen (secondary N) is 1. The topological polar surface area (TPSA) is 48.5 Å². The molecule has 1 amide bonds. The summed E-state index contributed by atoms with van der Waals surface area (Å²) in [5.41, 5.74) is 0. The van der Waals surface area contributed by atoms with Crippen molar-refractivity contribution in [1.29, 1.82) is 0 Å². The van der Waals surface area contributed by atoms with E-state index in [1.54, 1.807) is 12.3 Å². The summed E-state index contributed by atoms with van der Waals surface area (Å²) in [4.78, 5) is 20.4. The first-order chi connectivity index (χ1) is 10.7. The number of likely N-dealkylation sites (tertiary alicyclic amines) is 1. The second kappa shape index (κ2) is 6.60. The fraction of sp³-hybridized carbons (Fsp3) is 0.625. The van der Waals surface area contributed by atoms with Crippen molar-refractivity contribution in [2.45, 2.75) is 25.3 Å². The molecule has 0 unspecified atom stereocenters. The van der Waals surface area contributed by atoms with Gasteiger partial charge in [-0.3, -0.25) is 4.79 Å². The average molecular weight is 306 g/mol. The lowest BCUT2D eigenvalue weighted by atomic mass is 9.83. The van der Waals surface area contributed by atoms with Crippen LogP contribution in [-0.4, -0.2) is 55.1 Å². The Kier molecular flexibility index (Phi) is 4.57. The molecule has 1 aromatic heterocycles. The molecule has 0 bridgehead atoms. The molecule has 3 heterocycles. The van der Waals surface area contributed by atoms with E-state index in [-0.39, 0.29) is 17.8 Å². The highest BCUT2D eigenvalue weighted by Gasteiger charge is 2.39. The number of likely N-dealkylation sites (N-methyl/N-ethyl adjacent to an activating group) is 1. The van der Waals surface area contributed by atoms with Crippen LogP contribution in [0, 0.1) is 11.7 Å². The molecule has 2 atom stereocenters. The van der Waals surface area contributed by atoms with Crippen LogP contribution in [0.25, 0.3) is 0 Å². The molecule has 0 aromatic carbocycles. The van der Waals surface area contributed by atoms with Gasteiger partial charge in [0.2, 0.25) is 5.91 Å². The Morgan fingerprint density at radius 3 is 3.09 bits per heavy atom. The maximum absolute atomic E-state index is 13.9. The van der Waals surface area contributed by atoms with Gasteiger partial charge < -0.3 is 15.1 Å². The normalized spacial score (nSPS) is 25.3. The van der Waals surface area contributed by atoms with E-state index in [1.165, 1.54) is 6.07 Å². The Bertz CT molecular complexity index is 539. The van der Waals surface area contributed by atoms with Crippen molar-refractivity contribution in [2.75, 3.05) is 38.1 Å². The molecule has 0 aliphatic carbocycles. The summed E-state index contributed by atoms with van der Waals surface area (Å²) < 4.78 is 13.9. The van der Waals surface area contributed by atoms with Crippen molar-refractivity contribution < 1.29 is 9.18 Å². The predicted octanol–water partition coefficient (Wildman–Crippen LogP) is 1.26. The summed E-state index contributed by atoms with van der Waals surface area (Å²) in [5, 5.41) is 3.11. The third-order valence-electron chi connectivity index (χ3n) is 4.78. The Labute approximate surface area is 130 Å². The van der Waals surface area contributed by atoms with Gasteiger partial charge in [-0.15, -0.1) is 0 Å². The van der Waals surface area contributed by atoms with E-state index >= 15 is 0 Å². The highest BCUT2D eigenvalue weighted by Crippen LogP contribution is 2.33. The maximum atomic E-state index is 13.9. The van der Waals surface area contributed by atoms with Gasteiger partial charge in [-0.2, -0.15) is 0 Å². The minimum absolute atomic E-state index is 0.258. The number of fused-ring (bicyclic) bond motifs is 1. The van der Waals surface area contributed by atoms with Gasteiger partial charge in [0.15, 0.2) is 11.6 Å². The molecule has 6 heteroatoms. The van der Waals surface area contributed by atoms with Gasteiger partial charge in [0.1, 0.15) is 0 Å². The van der Waals surface area contributed by atoms with Crippen LogP contribution in [0.2, 0.25) is 0 Å². The minimum atomic E-state index is -0.264. The zero-order valence-corrected chi connectivity index (χ0v) is 13.0. The van der Waals surface area contributed by atoms with Crippen LogP contribution in [0.3, 0.4) is 0 Å². The third kappa shape index (κ3) is 2.92. The molecule has 1 N–H and O–H groups in total. The maximum Gasteiger partial charge on any atom is 0.222 e. The fourth-order valence-electron chi connectivity index (χ4n) is 3.68. The summed E-state index contributed by atoms with van der Waals surface area (Å²) in [7, 11) is 1.90. The first-order valence-corrected chi connectivity index (χ1v) is 8.00. The van der Waals surface area contributed by atoms with Crippen LogP contribution in [0.1, 0.15) is 19.3 Å². The number of piperidine rings is 2. The van der Waals surface area contributed by atoms with E-state index in [2.05, 4.69) is 10.3 Å². The molecule has 0 spiro atoms. The molecular formula is C16H23FN4O. The third-order valence-corrected chi connectivity index (χ3v) is 4.78. The number of amides is 1. The van der Waals surface area contributed by atoms with Crippen molar-refractivity contribution in [1.82, 2.24) is 15.2 Å². The average Bonchev–Trinajstić information content (AvgIpc) is 2.54. The first kappa shape index (κ1) is 15.2. The van der Waals surface area contributed by atoms with Crippen LogP contribution in [0.4, 0.5) is 10.2 Å². The number of pyridine rings is 1. The van der Waals surface area contributed by atoms with Crippen molar-refractivity contribution in [3.63, 3.8) is 0 Å². The van der Waals surface area contributed by atoms with Gasteiger partial charge in [-0.05, 0) is 37.9 Å². The highest BCUT2D eigenvalue weighted by molar-refractivity contribution is 5.77. The molecule has 1 aromatic rings. The fourth-order valence-corrected chi connectivity index (χ4v) is 3.68. The molecule has 0 saturated carbocycles. The molecule has 3 rings (SSSR count). The van der Waals surface area contributed by atoms with Gasteiger partial charge in [-0.1, -0.05) is 0 Å². The number of hydrogen-bond acceptors (Lipinski definition) is 4. The van der Waals surface area contributed by atoms with E-state index in [0.29, 0.717) is 18.2 Å². The number of hydrogen-bond donors (Lipinski definition) is 1. The lowest BCUT2D eigenvalue weighted by Gasteiger charge is -2.47. The van der Waals surface area contributed by atoms with E-state index in [9.17, 15) is 9.18 Å². The number of halogens is 1. The quantitative estimate of drug-likeness (QED) is 0.910. The van der Waals surface area contributed by atoms with Gasteiger partial charge in [0.05, 0.1) is 0 Å². The van der Waals surface area contributed by atoms with Crippen LogP contribution in [0.5, 0.6) is 0 Å². The Morgan fingerprint density at radius 1 is 1.45 bits per heavy atom. The van der Waals surface area contributed by atoms with Crippen molar-refractivity contribution in [2.24, 2.45) is 5.92 Å². The Morgan fingerprint density at radius 2 is 2.32 bits per heavy atom. The van der Waals surface area contributed by atoms with Crippen LogP contribution in [0.15, 0.2) is 18.3 Å².